The minimum atomic E-state index is -0.533. The van der Waals surface area contributed by atoms with Gasteiger partial charge < -0.3 is 10.1 Å². The van der Waals surface area contributed by atoms with Crippen molar-refractivity contribution in [2.24, 2.45) is 0 Å². The molecule has 0 saturated carbocycles. The van der Waals surface area contributed by atoms with Crippen LogP contribution in [0.3, 0.4) is 0 Å². The van der Waals surface area contributed by atoms with Gasteiger partial charge in [0.2, 0.25) is 0 Å². The number of nitro groups is 1. The van der Waals surface area contributed by atoms with Crippen molar-refractivity contribution in [1.82, 2.24) is 9.97 Å². The molecule has 3 aromatic rings. The second-order valence-electron chi connectivity index (χ2n) is 5.17. The van der Waals surface area contributed by atoms with Crippen molar-refractivity contribution in [3.63, 3.8) is 0 Å². The average molecular weight is 375 g/mol. The van der Waals surface area contributed by atoms with Gasteiger partial charge in [-0.3, -0.25) is 10.1 Å². The highest BCUT2D eigenvalue weighted by molar-refractivity contribution is 6.29. The second kappa shape index (κ2) is 7.32. The molecule has 0 unspecified atom stereocenters. The van der Waals surface area contributed by atoms with Crippen molar-refractivity contribution in [3.05, 3.63) is 69.6 Å². The van der Waals surface area contributed by atoms with Crippen LogP contribution in [0.2, 0.25) is 5.15 Å². The van der Waals surface area contributed by atoms with Crippen LogP contribution in [-0.4, -0.2) is 22.0 Å². The van der Waals surface area contributed by atoms with E-state index in [4.69, 9.17) is 16.3 Å². The molecular formula is C17H12ClFN4O3. The Bertz CT molecular complexity index is 967. The molecular weight excluding hydrogens is 363 g/mol. The van der Waals surface area contributed by atoms with Gasteiger partial charge in [-0.25, -0.2) is 14.4 Å². The van der Waals surface area contributed by atoms with Crippen LogP contribution < -0.4 is 10.1 Å². The first-order chi connectivity index (χ1) is 12.5. The van der Waals surface area contributed by atoms with Gasteiger partial charge in [0.05, 0.1) is 18.1 Å². The summed E-state index contributed by atoms with van der Waals surface area (Å²) in [6, 6.07) is 11.4. The van der Waals surface area contributed by atoms with E-state index in [1.807, 2.05) is 0 Å². The van der Waals surface area contributed by atoms with E-state index in [2.05, 4.69) is 15.3 Å². The van der Waals surface area contributed by atoms with E-state index in [9.17, 15) is 14.5 Å². The van der Waals surface area contributed by atoms with Crippen molar-refractivity contribution < 1.29 is 14.1 Å². The molecule has 1 heterocycles. The number of halogens is 2. The highest BCUT2D eigenvalue weighted by Crippen LogP contribution is 2.32. The summed E-state index contributed by atoms with van der Waals surface area (Å²) in [5.41, 5.74) is 0.597. The number of aromatic nitrogens is 2. The van der Waals surface area contributed by atoms with Crippen LogP contribution in [0.1, 0.15) is 0 Å². The number of hydrogen-bond donors (Lipinski definition) is 1. The lowest BCUT2D eigenvalue weighted by Gasteiger charge is -2.09. The maximum absolute atomic E-state index is 13.1. The van der Waals surface area contributed by atoms with E-state index < -0.39 is 4.92 Å². The van der Waals surface area contributed by atoms with Crippen LogP contribution in [-0.2, 0) is 0 Å². The van der Waals surface area contributed by atoms with Gasteiger partial charge in [-0.05, 0) is 36.4 Å². The van der Waals surface area contributed by atoms with Gasteiger partial charge >= 0.3 is 0 Å². The summed E-state index contributed by atoms with van der Waals surface area (Å²) < 4.78 is 18.1. The standard InChI is InChI=1S/C17H12ClFN4O3/c1-26-12-6-7-13(14(8-12)23(24)25)20-16-9-15(18)21-17(22-16)10-2-4-11(19)5-3-10/h2-9H,1H3,(H,20,21,22). The monoisotopic (exact) mass is 374 g/mol. The predicted molar refractivity (Wildman–Crippen MR) is 95.4 cm³/mol. The first-order valence-corrected chi connectivity index (χ1v) is 7.74. The van der Waals surface area contributed by atoms with E-state index in [0.29, 0.717) is 11.3 Å². The van der Waals surface area contributed by atoms with Crippen LogP contribution >= 0.6 is 11.6 Å². The number of anilines is 2. The highest BCUT2D eigenvalue weighted by atomic mass is 35.5. The van der Waals surface area contributed by atoms with E-state index in [0.717, 1.165) is 0 Å². The van der Waals surface area contributed by atoms with Crippen molar-refractivity contribution in [2.75, 3.05) is 12.4 Å². The van der Waals surface area contributed by atoms with Gasteiger partial charge in [-0.1, -0.05) is 11.6 Å². The van der Waals surface area contributed by atoms with Crippen molar-refractivity contribution >= 4 is 28.8 Å². The fraction of sp³-hybridized carbons (Fsp3) is 0.0588. The number of ether oxygens (including phenoxy) is 1. The molecule has 1 N–H and O–H groups in total. The smallest absolute Gasteiger partial charge is 0.296 e. The Kier molecular flexibility index (Phi) is 4.94. The fourth-order valence-electron chi connectivity index (χ4n) is 2.24. The number of benzene rings is 2. The van der Waals surface area contributed by atoms with Crippen molar-refractivity contribution in [2.45, 2.75) is 0 Å². The number of nitro benzene ring substituents is 1. The van der Waals surface area contributed by atoms with E-state index in [1.165, 1.54) is 49.6 Å². The molecule has 26 heavy (non-hydrogen) atoms. The summed E-state index contributed by atoms with van der Waals surface area (Å²) in [4.78, 5) is 19.1. The molecule has 0 aliphatic rings. The number of rotatable bonds is 5. The topological polar surface area (TPSA) is 90.2 Å². The van der Waals surface area contributed by atoms with E-state index in [1.54, 1.807) is 6.07 Å². The maximum atomic E-state index is 13.1. The number of nitrogens with zero attached hydrogens (tertiary/aromatic N) is 3. The highest BCUT2D eigenvalue weighted by Gasteiger charge is 2.16. The molecule has 7 nitrogen and oxygen atoms in total. The minimum Gasteiger partial charge on any atom is -0.496 e. The first kappa shape index (κ1) is 17.6. The van der Waals surface area contributed by atoms with Gasteiger partial charge in [-0.15, -0.1) is 0 Å². The Labute approximate surface area is 152 Å². The molecule has 2 aromatic carbocycles. The van der Waals surface area contributed by atoms with Gasteiger partial charge in [0.15, 0.2) is 5.82 Å². The van der Waals surface area contributed by atoms with E-state index in [-0.39, 0.29) is 34.0 Å². The Morgan fingerprint density at radius 1 is 1.15 bits per heavy atom. The molecule has 0 saturated heterocycles. The Morgan fingerprint density at radius 3 is 2.54 bits per heavy atom. The van der Waals surface area contributed by atoms with Crippen LogP contribution in [0.15, 0.2) is 48.5 Å². The lowest BCUT2D eigenvalue weighted by atomic mass is 10.2. The molecule has 0 amide bonds. The second-order valence-corrected chi connectivity index (χ2v) is 5.56. The van der Waals surface area contributed by atoms with Gasteiger partial charge in [-0.2, -0.15) is 0 Å². The summed E-state index contributed by atoms with van der Waals surface area (Å²) >= 11 is 6.03. The Hall–Kier alpha value is -3.26. The number of hydrogen-bond acceptors (Lipinski definition) is 6. The van der Waals surface area contributed by atoms with Crippen molar-refractivity contribution in [1.29, 1.82) is 0 Å². The molecule has 0 aliphatic carbocycles. The largest absolute Gasteiger partial charge is 0.496 e. The van der Waals surface area contributed by atoms with Crippen LogP contribution in [0.25, 0.3) is 11.4 Å². The molecule has 0 radical (unpaired) electrons. The molecule has 9 heteroatoms. The SMILES string of the molecule is COc1ccc(Nc2cc(Cl)nc(-c3ccc(F)cc3)n2)c([N+](=O)[O-])c1. The molecule has 132 valence electrons. The fourth-order valence-corrected chi connectivity index (χ4v) is 2.43. The summed E-state index contributed by atoms with van der Waals surface area (Å²) in [6.45, 7) is 0. The zero-order valence-corrected chi connectivity index (χ0v) is 14.2. The first-order valence-electron chi connectivity index (χ1n) is 7.36. The number of methoxy groups -OCH3 is 1. The van der Waals surface area contributed by atoms with Crippen LogP contribution in [0, 0.1) is 15.9 Å². The molecule has 0 aliphatic heterocycles. The Balaban J connectivity index is 1.98. The van der Waals surface area contributed by atoms with Crippen LogP contribution in [0.4, 0.5) is 21.6 Å². The van der Waals surface area contributed by atoms with Gasteiger partial charge in [0.25, 0.3) is 5.69 Å². The van der Waals surface area contributed by atoms with Crippen molar-refractivity contribution in [3.8, 4) is 17.1 Å². The van der Waals surface area contributed by atoms with Gasteiger partial charge in [0, 0.05) is 11.6 Å². The molecule has 0 spiro atoms. The number of nitrogens with one attached hydrogen (secondary N) is 1. The molecule has 0 bridgehead atoms. The normalized spacial score (nSPS) is 10.4. The molecule has 3 rings (SSSR count). The summed E-state index contributed by atoms with van der Waals surface area (Å²) in [5.74, 6) is 0.492. The minimum absolute atomic E-state index is 0.137. The predicted octanol–water partition coefficient (Wildman–Crippen LogP) is 4.60. The quantitative estimate of drug-likeness (QED) is 0.399. The van der Waals surface area contributed by atoms with Crippen LogP contribution in [0.5, 0.6) is 5.75 Å². The summed E-state index contributed by atoms with van der Waals surface area (Å²) in [6.07, 6.45) is 0. The molecule has 0 fully saturated rings. The summed E-state index contributed by atoms with van der Waals surface area (Å²) in [5, 5.41) is 14.3. The zero-order chi connectivity index (χ0) is 18.7. The Morgan fingerprint density at radius 2 is 1.88 bits per heavy atom. The van der Waals surface area contributed by atoms with E-state index >= 15 is 0 Å². The third-order valence-electron chi connectivity index (χ3n) is 3.46. The molecule has 1 aromatic heterocycles. The average Bonchev–Trinajstić information content (AvgIpc) is 2.62. The zero-order valence-electron chi connectivity index (χ0n) is 13.4. The third-order valence-corrected chi connectivity index (χ3v) is 3.66. The van der Waals surface area contributed by atoms with Gasteiger partial charge in [0.1, 0.15) is 28.2 Å². The third kappa shape index (κ3) is 3.86. The summed E-state index contributed by atoms with van der Waals surface area (Å²) in [7, 11) is 1.42. The molecule has 0 atom stereocenters. The maximum Gasteiger partial charge on any atom is 0.296 e. The lowest BCUT2D eigenvalue weighted by molar-refractivity contribution is -0.384. The lowest BCUT2D eigenvalue weighted by Crippen LogP contribution is -2.01.